The van der Waals surface area contributed by atoms with Gasteiger partial charge in [-0.3, -0.25) is 0 Å². The van der Waals surface area contributed by atoms with E-state index in [2.05, 4.69) is 6.58 Å². The highest BCUT2D eigenvalue weighted by atomic mass is 19.2. The second-order valence-electron chi connectivity index (χ2n) is 5.12. The van der Waals surface area contributed by atoms with Crippen LogP contribution in [-0.2, 0) is 15.9 Å². The number of aryl methyl sites for hydroxylation is 1. The third-order valence-electron chi connectivity index (χ3n) is 3.47. The van der Waals surface area contributed by atoms with E-state index >= 15 is 0 Å². The molecule has 1 aliphatic rings. The van der Waals surface area contributed by atoms with E-state index in [1.807, 2.05) is 6.08 Å². The zero-order chi connectivity index (χ0) is 14.4. The van der Waals surface area contributed by atoms with E-state index in [9.17, 15) is 8.78 Å². The molecule has 1 heterocycles. The van der Waals surface area contributed by atoms with Gasteiger partial charge in [0.1, 0.15) is 0 Å². The van der Waals surface area contributed by atoms with Crippen LogP contribution in [0.5, 0.6) is 0 Å². The van der Waals surface area contributed by atoms with Gasteiger partial charge in [0.2, 0.25) is 0 Å². The first kappa shape index (κ1) is 15.1. The van der Waals surface area contributed by atoms with Crippen LogP contribution < -0.4 is 0 Å². The Morgan fingerprint density at radius 2 is 1.90 bits per heavy atom. The number of benzene rings is 1. The van der Waals surface area contributed by atoms with Gasteiger partial charge in [-0.05, 0) is 37.0 Å². The van der Waals surface area contributed by atoms with Gasteiger partial charge in [-0.25, -0.2) is 8.78 Å². The average Bonchev–Trinajstić information content (AvgIpc) is 2.47. The highest BCUT2D eigenvalue weighted by Gasteiger charge is 2.21. The Morgan fingerprint density at radius 1 is 1.15 bits per heavy atom. The molecule has 0 bridgehead atoms. The predicted molar refractivity (Wildman–Crippen MR) is 73.3 cm³/mol. The molecule has 0 N–H and O–H groups in total. The third-order valence-corrected chi connectivity index (χ3v) is 3.47. The normalized spacial score (nSPS) is 22.7. The maximum Gasteiger partial charge on any atom is 0.159 e. The quantitative estimate of drug-likeness (QED) is 0.738. The fourth-order valence-electron chi connectivity index (χ4n) is 2.25. The van der Waals surface area contributed by atoms with Crippen molar-refractivity contribution in [3.8, 4) is 0 Å². The van der Waals surface area contributed by atoms with E-state index < -0.39 is 11.6 Å². The summed E-state index contributed by atoms with van der Waals surface area (Å²) >= 11 is 0. The molecular formula is C16H20F2O2. The van der Waals surface area contributed by atoms with Crippen molar-refractivity contribution in [1.82, 2.24) is 0 Å². The number of allylic oxidation sites excluding steroid dienone is 1. The first-order chi connectivity index (χ1) is 9.69. The fourth-order valence-corrected chi connectivity index (χ4v) is 2.25. The van der Waals surface area contributed by atoms with Crippen LogP contribution in [0, 0.1) is 17.6 Å². The molecule has 110 valence electrons. The SMILES string of the molecule is C=CCC[C@H]1CO[C@H](CCc2ccc(F)c(F)c2)OC1. The summed E-state index contributed by atoms with van der Waals surface area (Å²) in [6, 6.07) is 3.97. The molecule has 1 saturated heterocycles. The molecule has 4 heteroatoms. The maximum absolute atomic E-state index is 13.1. The van der Waals surface area contributed by atoms with Crippen LogP contribution in [0.3, 0.4) is 0 Å². The minimum atomic E-state index is -0.816. The lowest BCUT2D eigenvalue weighted by Crippen LogP contribution is -2.32. The Kier molecular flexibility index (Phi) is 5.68. The highest BCUT2D eigenvalue weighted by molar-refractivity contribution is 5.17. The van der Waals surface area contributed by atoms with Crippen LogP contribution in [0.15, 0.2) is 30.9 Å². The van der Waals surface area contributed by atoms with Crippen molar-refractivity contribution in [3.63, 3.8) is 0 Å². The monoisotopic (exact) mass is 282 g/mol. The molecular weight excluding hydrogens is 262 g/mol. The van der Waals surface area contributed by atoms with Crippen molar-refractivity contribution in [3.05, 3.63) is 48.1 Å². The molecule has 1 aliphatic heterocycles. The minimum Gasteiger partial charge on any atom is -0.352 e. The first-order valence-electron chi connectivity index (χ1n) is 6.97. The summed E-state index contributed by atoms with van der Waals surface area (Å²) in [7, 11) is 0. The molecule has 0 unspecified atom stereocenters. The molecule has 1 fully saturated rings. The van der Waals surface area contributed by atoms with Crippen LogP contribution in [0.1, 0.15) is 24.8 Å². The molecule has 0 amide bonds. The molecule has 0 radical (unpaired) electrons. The van der Waals surface area contributed by atoms with Gasteiger partial charge in [-0.15, -0.1) is 6.58 Å². The van der Waals surface area contributed by atoms with E-state index in [0.29, 0.717) is 32.0 Å². The molecule has 0 aliphatic carbocycles. The Labute approximate surface area is 118 Å². The molecule has 1 aromatic rings. The van der Waals surface area contributed by atoms with Crippen molar-refractivity contribution in [2.45, 2.75) is 32.0 Å². The molecule has 0 atom stereocenters. The number of ether oxygens (including phenoxy) is 2. The first-order valence-corrected chi connectivity index (χ1v) is 6.97. The standard InChI is InChI=1S/C16H20F2O2/c1-2-3-4-13-10-19-16(20-11-13)8-6-12-5-7-14(17)15(18)9-12/h2,5,7,9,13,16H,1,3-4,6,8,10-11H2/t13-,16-. The summed E-state index contributed by atoms with van der Waals surface area (Å²) in [5.74, 6) is -1.20. The highest BCUT2D eigenvalue weighted by Crippen LogP contribution is 2.20. The van der Waals surface area contributed by atoms with Crippen LogP contribution in [0.2, 0.25) is 0 Å². The fraction of sp³-hybridized carbons (Fsp3) is 0.500. The number of rotatable bonds is 6. The Hall–Kier alpha value is -1.26. The predicted octanol–water partition coefficient (Wildman–Crippen LogP) is 3.85. The van der Waals surface area contributed by atoms with E-state index in [4.69, 9.17) is 9.47 Å². The zero-order valence-electron chi connectivity index (χ0n) is 11.5. The van der Waals surface area contributed by atoms with Crippen molar-refractivity contribution < 1.29 is 18.3 Å². The molecule has 0 spiro atoms. The third kappa shape index (κ3) is 4.39. The average molecular weight is 282 g/mol. The number of hydrogen-bond acceptors (Lipinski definition) is 2. The molecule has 1 aromatic carbocycles. The largest absolute Gasteiger partial charge is 0.352 e. The van der Waals surface area contributed by atoms with Gasteiger partial charge >= 0.3 is 0 Å². The second kappa shape index (κ2) is 7.50. The van der Waals surface area contributed by atoms with Gasteiger partial charge in [-0.2, -0.15) is 0 Å². The summed E-state index contributed by atoms with van der Waals surface area (Å²) in [4.78, 5) is 0. The summed E-state index contributed by atoms with van der Waals surface area (Å²) in [5.41, 5.74) is 0.755. The van der Waals surface area contributed by atoms with E-state index in [1.165, 1.54) is 6.07 Å². The van der Waals surface area contributed by atoms with Crippen LogP contribution >= 0.6 is 0 Å². The Bertz CT molecular complexity index is 440. The lowest BCUT2D eigenvalue weighted by atomic mass is 10.0. The van der Waals surface area contributed by atoms with Gasteiger partial charge in [0, 0.05) is 12.3 Å². The lowest BCUT2D eigenvalue weighted by molar-refractivity contribution is -0.203. The minimum absolute atomic E-state index is 0.247. The zero-order valence-corrected chi connectivity index (χ0v) is 11.5. The second-order valence-corrected chi connectivity index (χ2v) is 5.12. The Balaban J connectivity index is 1.73. The lowest BCUT2D eigenvalue weighted by Gasteiger charge is -2.29. The van der Waals surface area contributed by atoms with Crippen molar-refractivity contribution in [1.29, 1.82) is 0 Å². The summed E-state index contributed by atoms with van der Waals surface area (Å²) in [5, 5.41) is 0. The smallest absolute Gasteiger partial charge is 0.159 e. The summed E-state index contributed by atoms with van der Waals surface area (Å²) < 4.78 is 37.2. The van der Waals surface area contributed by atoms with Gasteiger partial charge in [-0.1, -0.05) is 12.1 Å². The summed E-state index contributed by atoms with van der Waals surface area (Å²) in [6.45, 7) is 5.08. The van der Waals surface area contributed by atoms with Crippen molar-refractivity contribution in [2.24, 2.45) is 5.92 Å². The maximum atomic E-state index is 13.1. The summed E-state index contributed by atoms with van der Waals surface area (Å²) in [6.07, 6.45) is 4.91. The van der Waals surface area contributed by atoms with Gasteiger partial charge in [0.25, 0.3) is 0 Å². The van der Waals surface area contributed by atoms with Gasteiger partial charge in [0.05, 0.1) is 13.2 Å². The van der Waals surface area contributed by atoms with Gasteiger partial charge < -0.3 is 9.47 Å². The van der Waals surface area contributed by atoms with Crippen LogP contribution in [-0.4, -0.2) is 19.5 Å². The topological polar surface area (TPSA) is 18.5 Å². The molecule has 0 aromatic heterocycles. The molecule has 2 rings (SSSR count). The van der Waals surface area contributed by atoms with Crippen LogP contribution in [0.4, 0.5) is 8.78 Å². The van der Waals surface area contributed by atoms with Crippen molar-refractivity contribution >= 4 is 0 Å². The van der Waals surface area contributed by atoms with Gasteiger partial charge in [0.15, 0.2) is 17.9 Å². The van der Waals surface area contributed by atoms with Crippen molar-refractivity contribution in [2.75, 3.05) is 13.2 Å². The molecule has 20 heavy (non-hydrogen) atoms. The Morgan fingerprint density at radius 3 is 2.55 bits per heavy atom. The number of hydrogen-bond donors (Lipinski definition) is 0. The van der Waals surface area contributed by atoms with E-state index in [1.54, 1.807) is 6.07 Å². The van der Waals surface area contributed by atoms with Crippen LogP contribution in [0.25, 0.3) is 0 Å². The number of halogens is 2. The molecule has 2 nitrogen and oxygen atoms in total. The van der Waals surface area contributed by atoms with E-state index in [-0.39, 0.29) is 6.29 Å². The van der Waals surface area contributed by atoms with E-state index in [0.717, 1.165) is 24.5 Å². The molecule has 0 saturated carbocycles.